The number of fused-ring (bicyclic) bond motifs is 1. The van der Waals surface area contributed by atoms with Crippen molar-refractivity contribution in [3.05, 3.63) is 83.9 Å². The highest BCUT2D eigenvalue weighted by Gasteiger charge is 2.19. The lowest BCUT2D eigenvalue weighted by Gasteiger charge is -2.23. The average Bonchev–Trinajstić information content (AvgIpc) is 2.79. The first-order valence-corrected chi connectivity index (χ1v) is 9.31. The molecule has 3 aromatic carbocycles. The number of nitrogens with one attached hydrogen (secondary N) is 1. The molecule has 0 unspecified atom stereocenters. The zero-order chi connectivity index (χ0) is 20.1. The molecule has 0 aromatic heterocycles. The van der Waals surface area contributed by atoms with Crippen molar-refractivity contribution in [1.29, 1.82) is 0 Å². The van der Waals surface area contributed by atoms with Gasteiger partial charge in [-0.15, -0.1) is 0 Å². The number of aliphatic imine (C=N–C) groups is 1. The standard InChI is InChI=1S/C24H22N2O3/c1-27-20-11-7-18(8-12-20)25-15-17-16-29-23-6-4-3-5-22(23)24(17)26-19-9-13-21(28-2)14-10-19/h3-15,26H,16H2,1-2H3. The van der Waals surface area contributed by atoms with E-state index in [1.165, 1.54) is 0 Å². The van der Waals surface area contributed by atoms with Gasteiger partial charge in [0.2, 0.25) is 0 Å². The third-order valence-corrected chi connectivity index (χ3v) is 4.66. The summed E-state index contributed by atoms with van der Waals surface area (Å²) in [6.07, 6.45) is 1.85. The normalized spacial score (nSPS) is 13.0. The van der Waals surface area contributed by atoms with Crippen LogP contribution in [-0.4, -0.2) is 27.0 Å². The van der Waals surface area contributed by atoms with E-state index < -0.39 is 0 Å². The van der Waals surface area contributed by atoms with Gasteiger partial charge in [-0.2, -0.15) is 0 Å². The lowest BCUT2D eigenvalue weighted by Crippen LogP contribution is -2.16. The molecule has 0 spiro atoms. The Labute approximate surface area is 170 Å². The molecular formula is C24H22N2O3. The molecule has 146 valence electrons. The molecule has 0 saturated heterocycles. The Morgan fingerprint density at radius 2 is 1.52 bits per heavy atom. The first-order chi connectivity index (χ1) is 14.3. The number of hydrogen-bond donors (Lipinski definition) is 1. The van der Waals surface area contributed by atoms with Crippen molar-refractivity contribution in [3.8, 4) is 17.2 Å². The fraction of sp³-hybridized carbons (Fsp3) is 0.125. The highest BCUT2D eigenvalue weighted by atomic mass is 16.5. The minimum Gasteiger partial charge on any atom is -0.497 e. The van der Waals surface area contributed by atoms with Gasteiger partial charge in [0.25, 0.3) is 0 Å². The Hall–Kier alpha value is -3.73. The fourth-order valence-electron chi connectivity index (χ4n) is 3.09. The summed E-state index contributed by atoms with van der Waals surface area (Å²) >= 11 is 0. The zero-order valence-corrected chi connectivity index (χ0v) is 16.4. The van der Waals surface area contributed by atoms with E-state index in [0.717, 1.165) is 45.5 Å². The number of hydrogen-bond acceptors (Lipinski definition) is 5. The monoisotopic (exact) mass is 386 g/mol. The number of benzene rings is 3. The number of ether oxygens (including phenoxy) is 3. The van der Waals surface area contributed by atoms with Crippen LogP contribution in [0.25, 0.3) is 5.70 Å². The van der Waals surface area contributed by atoms with Gasteiger partial charge in [-0.3, -0.25) is 4.99 Å². The topological polar surface area (TPSA) is 52.1 Å². The van der Waals surface area contributed by atoms with E-state index in [1.807, 2.05) is 79.0 Å². The molecule has 5 nitrogen and oxygen atoms in total. The summed E-state index contributed by atoms with van der Waals surface area (Å²) in [5, 5.41) is 3.53. The predicted octanol–water partition coefficient (Wildman–Crippen LogP) is 5.32. The summed E-state index contributed by atoms with van der Waals surface area (Å²) in [6, 6.07) is 23.5. The van der Waals surface area contributed by atoms with Gasteiger partial charge in [-0.1, -0.05) is 12.1 Å². The molecule has 0 atom stereocenters. The number of anilines is 1. The Balaban J connectivity index is 1.68. The molecule has 1 N–H and O–H groups in total. The van der Waals surface area contributed by atoms with E-state index in [2.05, 4.69) is 10.3 Å². The molecule has 0 aliphatic carbocycles. The van der Waals surface area contributed by atoms with Gasteiger partial charge < -0.3 is 19.5 Å². The van der Waals surface area contributed by atoms with E-state index in [9.17, 15) is 0 Å². The van der Waals surface area contributed by atoms with Crippen LogP contribution in [0.15, 0.2) is 83.4 Å². The van der Waals surface area contributed by atoms with Crippen molar-refractivity contribution >= 4 is 23.3 Å². The van der Waals surface area contributed by atoms with Crippen molar-refractivity contribution in [1.82, 2.24) is 0 Å². The van der Waals surface area contributed by atoms with Gasteiger partial charge in [-0.05, 0) is 60.7 Å². The molecule has 0 bridgehead atoms. The first-order valence-electron chi connectivity index (χ1n) is 9.31. The number of nitrogens with zero attached hydrogens (tertiary/aromatic N) is 1. The summed E-state index contributed by atoms with van der Waals surface area (Å²) in [5.74, 6) is 2.48. The van der Waals surface area contributed by atoms with E-state index in [0.29, 0.717) is 6.61 Å². The lowest BCUT2D eigenvalue weighted by atomic mass is 10.0. The minimum absolute atomic E-state index is 0.440. The van der Waals surface area contributed by atoms with Crippen LogP contribution in [0.5, 0.6) is 17.2 Å². The predicted molar refractivity (Wildman–Crippen MR) is 117 cm³/mol. The van der Waals surface area contributed by atoms with Crippen molar-refractivity contribution in [3.63, 3.8) is 0 Å². The number of rotatable bonds is 6. The Morgan fingerprint density at radius 1 is 0.862 bits per heavy atom. The van der Waals surface area contributed by atoms with Crippen LogP contribution in [0.1, 0.15) is 5.56 Å². The second kappa shape index (κ2) is 8.52. The summed E-state index contributed by atoms with van der Waals surface area (Å²) in [7, 11) is 3.31. The molecule has 3 aromatic rings. The first kappa shape index (κ1) is 18.6. The number of para-hydroxylation sites is 1. The number of methoxy groups -OCH3 is 2. The van der Waals surface area contributed by atoms with E-state index in [4.69, 9.17) is 14.2 Å². The third-order valence-electron chi connectivity index (χ3n) is 4.66. The van der Waals surface area contributed by atoms with Crippen LogP contribution in [0.2, 0.25) is 0 Å². The van der Waals surface area contributed by atoms with Crippen molar-refractivity contribution in [2.75, 3.05) is 26.1 Å². The summed E-state index contributed by atoms with van der Waals surface area (Å²) in [5.41, 5.74) is 4.77. The molecule has 0 amide bonds. The van der Waals surface area contributed by atoms with Crippen LogP contribution in [0.3, 0.4) is 0 Å². The maximum Gasteiger partial charge on any atom is 0.129 e. The second-order valence-electron chi connectivity index (χ2n) is 6.49. The highest BCUT2D eigenvalue weighted by molar-refractivity contribution is 5.97. The van der Waals surface area contributed by atoms with Crippen LogP contribution >= 0.6 is 0 Å². The molecule has 1 aliphatic rings. The SMILES string of the molecule is COc1ccc(N=CC2=C(Nc3ccc(OC)cc3)c3ccccc3OC2)cc1. The lowest BCUT2D eigenvalue weighted by molar-refractivity contribution is 0.352. The minimum atomic E-state index is 0.440. The van der Waals surface area contributed by atoms with Crippen LogP contribution in [0.4, 0.5) is 11.4 Å². The molecule has 0 fully saturated rings. The van der Waals surface area contributed by atoms with Crippen molar-refractivity contribution in [2.24, 2.45) is 4.99 Å². The molecule has 0 saturated carbocycles. The van der Waals surface area contributed by atoms with Gasteiger partial charge in [0.05, 0.1) is 25.6 Å². The Kier molecular flexibility index (Phi) is 5.47. The smallest absolute Gasteiger partial charge is 0.129 e. The summed E-state index contributed by atoms with van der Waals surface area (Å²) < 4.78 is 16.4. The Morgan fingerprint density at radius 3 is 2.21 bits per heavy atom. The van der Waals surface area contributed by atoms with E-state index in [1.54, 1.807) is 14.2 Å². The summed E-state index contributed by atoms with van der Waals surface area (Å²) in [4.78, 5) is 4.62. The van der Waals surface area contributed by atoms with Crippen molar-refractivity contribution < 1.29 is 14.2 Å². The summed E-state index contributed by atoms with van der Waals surface area (Å²) in [6.45, 7) is 0.440. The largest absolute Gasteiger partial charge is 0.497 e. The molecule has 5 heteroatoms. The molecule has 1 heterocycles. The second-order valence-corrected chi connectivity index (χ2v) is 6.49. The van der Waals surface area contributed by atoms with Gasteiger partial charge in [0.15, 0.2) is 0 Å². The maximum absolute atomic E-state index is 5.94. The Bertz CT molecular complexity index is 1040. The maximum atomic E-state index is 5.94. The third kappa shape index (κ3) is 4.24. The van der Waals surface area contributed by atoms with Gasteiger partial charge in [0, 0.05) is 23.0 Å². The van der Waals surface area contributed by atoms with E-state index >= 15 is 0 Å². The van der Waals surface area contributed by atoms with Gasteiger partial charge in [0.1, 0.15) is 23.9 Å². The fourth-order valence-corrected chi connectivity index (χ4v) is 3.09. The van der Waals surface area contributed by atoms with Crippen LogP contribution < -0.4 is 19.5 Å². The molecular weight excluding hydrogens is 364 g/mol. The molecule has 29 heavy (non-hydrogen) atoms. The molecule has 0 radical (unpaired) electrons. The zero-order valence-electron chi connectivity index (χ0n) is 16.4. The van der Waals surface area contributed by atoms with E-state index in [-0.39, 0.29) is 0 Å². The van der Waals surface area contributed by atoms with Crippen LogP contribution in [0, 0.1) is 0 Å². The molecule has 1 aliphatic heterocycles. The average molecular weight is 386 g/mol. The van der Waals surface area contributed by atoms with Gasteiger partial charge >= 0.3 is 0 Å². The van der Waals surface area contributed by atoms with Crippen LogP contribution in [-0.2, 0) is 0 Å². The quantitative estimate of drug-likeness (QED) is 0.583. The molecule has 4 rings (SSSR count). The van der Waals surface area contributed by atoms with Gasteiger partial charge in [-0.25, -0.2) is 0 Å². The highest BCUT2D eigenvalue weighted by Crippen LogP contribution is 2.33. The van der Waals surface area contributed by atoms with Crippen molar-refractivity contribution in [2.45, 2.75) is 0 Å².